The van der Waals surface area contributed by atoms with Crippen molar-refractivity contribution in [2.24, 2.45) is 0 Å². The molecule has 0 aliphatic carbocycles. The van der Waals surface area contributed by atoms with Crippen LogP contribution in [0.4, 0.5) is 10.8 Å². The number of fused-ring (bicyclic) bond motifs is 1. The Morgan fingerprint density at radius 2 is 1.85 bits per heavy atom. The van der Waals surface area contributed by atoms with Crippen molar-refractivity contribution in [3.63, 3.8) is 0 Å². The number of rotatable bonds is 6. The molecule has 2 heterocycles. The number of carbonyl (C=O) groups is 1. The molecule has 1 atom stereocenters. The van der Waals surface area contributed by atoms with Gasteiger partial charge in [-0.1, -0.05) is 60.7 Å². The molecule has 33 heavy (non-hydrogen) atoms. The zero-order valence-corrected chi connectivity index (χ0v) is 21.1. The van der Waals surface area contributed by atoms with E-state index in [0.717, 1.165) is 15.5 Å². The molecule has 0 spiro atoms. The van der Waals surface area contributed by atoms with Crippen molar-refractivity contribution in [3.05, 3.63) is 53.6 Å². The number of aromatic nitrogens is 2. The van der Waals surface area contributed by atoms with Gasteiger partial charge in [0.2, 0.25) is 5.13 Å². The second-order valence-electron chi connectivity index (χ2n) is 7.96. The van der Waals surface area contributed by atoms with Crippen LogP contribution in [-0.2, 0) is 14.8 Å². The standard InChI is InChI=1S/C22H24N4O4S3/c1-13(2)31-22-25-24-21(32-22)23-20(27)19-12-26(17-11-15(4)7-10-18(17)30-19)33(28,29)16-8-5-14(3)6-9-16/h5-11,13,19H,12H2,1-4H3,(H,23,24,27). The number of anilines is 2. The van der Waals surface area contributed by atoms with Gasteiger partial charge in [-0.3, -0.25) is 14.4 Å². The lowest BCUT2D eigenvalue weighted by Gasteiger charge is -2.34. The lowest BCUT2D eigenvalue weighted by atomic mass is 10.1. The monoisotopic (exact) mass is 504 g/mol. The van der Waals surface area contributed by atoms with Crippen LogP contribution in [0.15, 0.2) is 51.7 Å². The van der Waals surface area contributed by atoms with Crippen LogP contribution in [0, 0.1) is 13.8 Å². The van der Waals surface area contributed by atoms with E-state index in [0.29, 0.717) is 21.8 Å². The predicted octanol–water partition coefficient (Wildman–Crippen LogP) is 4.25. The lowest BCUT2D eigenvalue weighted by Crippen LogP contribution is -2.48. The minimum absolute atomic E-state index is 0.154. The molecule has 0 saturated carbocycles. The van der Waals surface area contributed by atoms with Crippen molar-refractivity contribution in [2.45, 2.75) is 48.3 Å². The van der Waals surface area contributed by atoms with E-state index in [1.165, 1.54) is 15.6 Å². The van der Waals surface area contributed by atoms with Gasteiger partial charge in [0.15, 0.2) is 10.4 Å². The Hall–Kier alpha value is -2.63. The number of sulfonamides is 1. The summed E-state index contributed by atoms with van der Waals surface area (Å²) in [6.07, 6.45) is -1.05. The number of thioether (sulfide) groups is 1. The van der Waals surface area contributed by atoms with E-state index < -0.39 is 22.0 Å². The van der Waals surface area contributed by atoms with E-state index in [1.54, 1.807) is 48.2 Å². The van der Waals surface area contributed by atoms with Crippen molar-refractivity contribution < 1.29 is 17.9 Å². The maximum atomic E-state index is 13.5. The lowest BCUT2D eigenvalue weighted by molar-refractivity contribution is -0.122. The number of ether oxygens (including phenoxy) is 1. The molecular weight excluding hydrogens is 480 g/mol. The van der Waals surface area contributed by atoms with Crippen molar-refractivity contribution in [1.29, 1.82) is 0 Å². The van der Waals surface area contributed by atoms with Gasteiger partial charge in [0.05, 0.1) is 17.1 Å². The zero-order chi connectivity index (χ0) is 23.8. The molecule has 0 radical (unpaired) electrons. The number of carbonyl (C=O) groups excluding carboxylic acids is 1. The maximum Gasteiger partial charge on any atom is 0.269 e. The third-order valence-electron chi connectivity index (χ3n) is 4.86. The van der Waals surface area contributed by atoms with Crippen molar-refractivity contribution >= 4 is 49.8 Å². The highest BCUT2D eigenvalue weighted by Gasteiger charge is 2.38. The fourth-order valence-electron chi connectivity index (χ4n) is 3.26. The number of aryl methyl sites for hydroxylation is 2. The molecule has 1 amide bonds. The molecule has 0 saturated heterocycles. The van der Waals surface area contributed by atoms with Gasteiger partial charge in [0, 0.05) is 5.25 Å². The van der Waals surface area contributed by atoms with Gasteiger partial charge in [-0.2, -0.15) is 0 Å². The van der Waals surface area contributed by atoms with Crippen molar-refractivity contribution in [1.82, 2.24) is 10.2 Å². The number of nitrogens with zero attached hydrogens (tertiary/aromatic N) is 3. The topological polar surface area (TPSA) is 101 Å². The SMILES string of the molecule is Cc1ccc(S(=O)(=O)N2CC(C(=O)Nc3nnc(SC(C)C)s3)Oc3ccc(C)cc32)cc1. The summed E-state index contributed by atoms with van der Waals surface area (Å²) in [5, 5.41) is 11.5. The van der Waals surface area contributed by atoms with Crippen molar-refractivity contribution in [3.8, 4) is 5.75 Å². The van der Waals surface area contributed by atoms with E-state index in [2.05, 4.69) is 15.5 Å². The fourth-order valence-corrected chi connectivity index (χ4v) is 6.70. The molecular formula is C22H24N4O4S3. The van der Waals surface area contributed by atoms with E-state index >= 15 is 0 Å². The summed E-state index contributed by atoms with van der Waals surface area (Å²) in [4.78, 5) is 13.2. The van der Waals surface area contributed by atoms with Crippen molar-refractivity contribution in [2.75, 3.05) is 16.2 Å². The van der Waals surface area contributed by atoms with Gasteiger partial charge in [-0.05, 0) is 43.7 Å². The van der Waals surface area contributed by atoms with E-state index in [-0.39, 0.29) is 11.4 Å². The molecule has 3 aromatic rings. The van der Waals surface area contributed by atoms with E-state index in [1.807, 2.05) is 33.8 Å². The predicted molar refractivity (Wildman–Crippen MR) is 131 cm³/mol. The molecule has 174 valence electrons. The quantitative estimate of drug-likeness (QED) is 0.395. The normalized spacial score (nSPS) is 15.8. The van der Waals surface area contributed by atoms with E-state index in [9.17, 15) is 13.2 Å². The Balaban J connectivity index is 1.63. The molecule has 1 aromatic heterocycles. The first kappa shape index (κ1) is 23.5. The second kappa shape index (κ2) is 9.32. The Morgan fingerprint density at radius 3 is 2.55 bits per heavy atom. The summed E-state index contributed by atoms with van der Waals surface area (Å²) in [5.74, 6) is -0.154. The van der Waals surface area contributed by atoms with Gasteiger partial charge >= 0.3 is 0 Å². The fraction of sp³-hybridized carbons (Fsp3) is 0.318. The molecule has 1 unspecified atom stereocenters. The molecule has 8 nitrogen and oxygen atoms in total. The smallest absolute Gasteiger partial charge is 0.269 e. The highest BCUT2D eigenvalue weighted by Crippen LogP contribution is 2.38. The van der Waals surface area contributed by atoms with Crippen LogP contribution in [0.25, 0.3) is 0 Å². The van der Waals surface area contributed by atoms with Crippen LogP contribution in [0.2, 0.25) is 0 Å². The molecule has 4 rings (SSSR count). The third-order valence-corrected chi connectivity index (χ3v) is 8.58. The minimum Gasteiger partial charge on any atom is -0.476 e. The summed E-state index contributed by atoms with van der Waals surface area (Å²) in [7, 11) is -3.91. The molecule has 1 aliphatic heterocycles. The average Bonchev–Trinajstić information content (AvgIpc) is 3.19. The average molecular weight is 505 g/mol. The van der Waals surface area contributed by atoms with Crippen LogP contribution >= 0.6 is 23.1 Å². The number of amides is 1. The number of hydrogen-bond donors (Lipinski definition) is 1. The molecule has 1 N–H and O–H groups in total. The van der Waals surface area contributed by atoms with Crippen LogP contribution in [0.3, 0.4) is 0 Å². The Labute approximate surface area is 201 Å². The van der Waals surface area contributed by atoms with Gasteiger partial charge in [-0.15, -0.1) is 10.2 Å². The van der Waals surface area contributed by atoms with Gasteiger partial charge in [-0.25, -0.2) is 8.42 Å². The molecule has 1 aliphatic rings. The van der Waals surface area contributed by atoms with Crippen LogP contribution in [0.5, 0.6) is 5.75 Å². The number of benzene rings is 2. The molecule has 0 fully saturated rings. The summed E-state index contributed by atoms with van der Waals surface area (Å²) in [6, 6.07) is 11.9. The maximum absolute atomic E-state index is 13.5. The van der Waals surface area contributed by atoms with Gasteiger partial charge in [0.1, 0.15) is 5.75 Å². The zero-order valence-electron chi connectivity index (χ0n) is 18.6. The van der Waals surface area contributed by atoms with Crippen LogP contribution in [-0.4, -0.2) is 42.4 Å². The Bertz CT molecular complexity index is 1270. The summed E-state index contributed by atoms with van der Waals surface area (Å²) in [5.41, 5.74) is 2.25. The molecule has 0 bridgehead atoms. The first-order valence-corrected chi connectivity index (χ1v) is 13.4. The highest BCUT2D eigenvalue weighted by atomic mass is 32.2. The largest absolute Gasteiger partial charge is 0.476 e. The first-order valence-electron chi connectivity index (χ1n) is 10.3. The minimum atomic E-state index is -3.91. The van der Waals surface area contributed by atoms with E-state index in [4.69, 9.17) is 4.74 Å². The molecule has 2 aromatic carbocycles. The third kappa shape index (κ3) is 5.15. The second-order valence-corrected chi connectivity index (χ2v) is 12.6. The summed E-state index contributed by atoms with van der Waals surface area (Å²) < 4.78 is 34.9. The first-order chi connectivity index (χ1) is 15.6. The van der Waals surface area contributed by atoms with Crippen LogP contribution in [0.1, 0.15) is 25.0 Å². The summed E-state index contributed by atoms with van der Waals surface area (Å²) >= 11 is 2.82. The Morgan fingerprint density at radius 1 is 1.15 bits per heavy atom. The van der Waals surface area contributed by atoms with Gasteiger partial charge < -0.3 is 4.74 Å². The van der Waals surface area contributed by atoms with Crippen LogP contribution < -0.4 is 14.4 Å². The molecule has 11 heteroatoms. The number of nitrogens with one attached hydrogen (secondary N) is 1. The highest BCUT2D eigenvalue weighted by molar-refractivity contribution is 8.01. The summed E-state index contributed by atoms with van der Waals surface area (Å²) in [6.45, 7) is 7.69. The number of hydrogen-bond acceptors (Lipinski definition) is 8. The Kier molecular flexibility index (Phi) is 6.64. The van der Waals surface area contributed by atoms with Gasteiger partial charge in [0.25, 0.3) is 15.9 Å².